The molecule has 0 spiro atoms. The van der Waals surface area contributed by atoms with Crippen LogP contribution in [0.5, 0.6) is 5.75 Å². The third-order valence-electron chi connectivity index (χ3n) is 6.19. The summed E-state index contributed by atoms with van der Waals surface area (Å²) < 4.78 is 31.5. The zero-order valence-electron chi connectivity index (χ0n) is 20.8. The maximum absolute atomic E-state index is 12.7. The van der Waals surface area contributed by atoms with Gasteiger partial charge in [-0.15, -0.1) is 0 Å². The van der Waals surface area contributed by atoms with E-state index in [0.29, 0.717) is 18.3 Å². The Morgan fingerprint density at radius 3 is 2.49 bits per heavy atom. The van der Waals surface area contributed by atoms with Crippen LogP contribution in [0.1, 0.15) is 37.9 Å². The lowest BCUT2D eigenvalue weighted by atomic mass is 10.0. The number of benzene rings is 2. The quantitative estimate of drug-likeness (QED) is 0.383. The standard InChI is InChI=1S/C29H34N2O3S/c1-22(2)20-31-16-14-24(15-17-31)7-6-18-35(32,33)27-12-10-26(11-13-27)34-21-25-19-23(3)30-29-9-5-4-8-28(25)29/h4-13,18-19,22H,14-17,20-21H2,1-3H3. The number of aryl methyl sites for hydroxylation is 1. The van der Waals surface area contributed by atoms with Gasteiger partial charge in [0.25, 0.3) is 0 Å². The van der Waals surface area contributed by atoms with Gasteiger partial charge in [0.05, 0.1) is 10.4 Å². The number of pyridine rings is 1. The molecule has 4 rings (SSSR count). The molecule has 0 unspecified atom stereocenters. The number of hydrogen-bond donors (Lipinski definition) is 0. The minimum atomic E-state index is -3.51. The first-order chi connectivity index (χ1) is 16.8. The summed E-state index contributed by atoms with van der Waals surface area (Å²) in [6, 6.07) is 16.6. The molecule has 184 valence electrons. The average Bonchev–Trinajstić information content (AvgIpc) is 2.83. The summed E-state index contributed by atoms with van der Waals surface area (Å²) in [5.74, 6) is 1.30. The molecule has 0 aliphatic carbocycles. The van der Waals surface area contributed by atoms with Gasteiger partial charge in [-0.25, -0.2) is 8.42 Å². The van der Waals surface area contributed by atoms with Crippen molar-refractivity contribution in [2.24, 2.45) is 5.92 Å². The van der Waals surface area contributed by atoms with E-state index in [2.05, 4.69) is 23.7 Å². The molecule has 2 aromatic carbocycles. The van der Waals surface area contributed by atoms with Crippen LogP contribution in [-0.2, 0) is 16.4 Å². The number of piperidine rings is 1. The summed E-state index contributed by atoms with van der Waals surface area (Å²) in [4.78, 5) is 7.30. The first-order valence-corrected chi connectivity index (χ1v) is 13.8. The molecule has 6 heteroatoms. The monoisotopic (exact) mass is 490 g/mol. The van der Waals surface area contributed by atoms with Gasteiger partial charge >= 0.3 is 0 Å². The Balaban J connectivity index is 1.36. The summed E-state index contributed by atoms with van der Waals surface area (Å²) in [6.45, 7) is 10.0. The second-order valence-corrected chi connectivity index (χ2v) is 11.4. The molecule has 1 aliphatic rings. The Bertz CT molecular complexity index is 1320. The molecule has 0 radical (unpaired) electrons. The van der Waals surface area contributed by atoms with E-state index in [0.717, 1.165) is 54.6 Å². The Kier molecular flexibility index (Phi) is 8.04. The van der Waals surface area contributed by atoms with Crippen LogP contribution in [0.2, 0.25) is 0 Å². The van der Waals surface area contributed by atoms with Crippen LogP contribution in [-0.4, -0.2) is 37.9 Å². The number of allylic oxidation sites excluding steroid dienone is 2. The highest BCUT2D eigenvalue weighted by Gasteiger charge is 2.15. The fourth-order valence-corrected chi connectivity index (χ4v) is 5.42. The normalized spacial score (nSPS) is 15.3. The molecule has 0 saturated carbocycles. The summed E-state index contributed by atoms with van der Waals surface area (Å²) in [5, 5.41) is 2.35. The molecule has 2 heterocycles. The van der Waals surface area contributed by atoms with Gasteiger partial charge in [-0.2, -0.15) is 0 Å². The number of sulfone groups is 1. The van der Waals surface area contributed by atoms with Crippen molar-refractivity contribution in [2.45, 2.75) is 45.1 Å². The lowest BCUT2D eigenvalue weighted by molar-refractivity contribution is 0.229. The Hall–Kier alpha value is -2.96. The van der Waals surface area contributed by atoms with Crippen molar-refractivity contribution in [3.63, 3.8) is 0 Å². The number of hydrogen-bond acceptors (Lipinski definition) is 5. The van der Waals surface area contributed by atoms with Crippen molar-refractivity contribution >= 4 is 20.7 Å². The molecule has 0 N–H and O–H groups in total. The summed E-state index contributed by atoms with van der Waals surface area (Å²) >= 11 is 0. The van der Waals surface area contributed by atoms with Gasteiger partial charge in [0, 0.05) is 41.7 Å². The Labute approximate surface area is 209 Å². The van der Waals surface area contributed by atoms with E-state index in [1.165, 1.54) is 11.0 Å². The number of nitrogens with zero attached hydrogens (tertiary/aromatic N) is 2. The zero-order chi connectivity index (χ0) is 24.8. The third-order valence-corrected chi connectivity index (χ3v) is 7.63. The van der Waals surface area contributed by atoms with E-state index >= 15 is 0 Å². The minimum absolute atomic E-state index is 0.261. The topological polar surface area (TPSA) is 59.5 Å². The molecule has 0 atom stereocenters. The maximum atomic E-state index is 12.7. The highest BCUT2D eigenvalue weighted by molar-refractivity contribution is 7.94. The molecular formula is C29H34N2O3S. The fraction of sp³-hybridized carbons (Fsp3) is 0.345. The van der Waals surface area contributed by atoms with Crippen LogP contribution in [0.25, 0.3) is 10.9 Å². The molecule has 3 aromatic rings. The molecule has 1 fully saturated rings. The minimum Gasteiger partial charge on any atom is -0.489 e. The van der Waals surface area contributed by atoms with Gasteiger partial charge in [0.1, 0.15) is 12.4 Å². The average molecular weight is 491 g/mol. The molecule has 0 amide bonds. The predicted octanol–water partition coefficient (Wildman–Crippen LogP) is 6.09. The van der Waals surface area contributed by atoms with Gasteiger partial charge < -0.3 is 9.64 Å². The second kappa shape index (κ2) is 11.2. The van der Waals surface area contributed by atoms with Gasteiger partial charge in [0.2, 0.25) is 0 Å². The van der Waals surface area contributed by atoms with E-state index in [1.54, 1.807) is 30.3 Å². The van der Waals surface area contributed by atoms with Crippen molar-refractivity contribution in [3.05, 3.63) is 89.0 Å². The van der Waals surface area contributed by atoms with Crippen molar-refractivity contribution in [3.8, 4) is 5.75 Å². The second-order valence-electron chi connectivity index (χ2n) is 9.59. The number of ether oxygens (including phenoxy) is 1. The van der Waals surface area contributed by atoms with Crippen LogP contribution >= 0.6 is 0 Å². The summed E-state index contributed by atoms with van der Waals surface area (Å²) in [7, 11) is -3.51. The number of para-hydroxylation sites is 1. The van der Waals surface area contributed by atoms with E-state index in [9.17, 15) is 8.42 Å². The number of aromatic nitrogens is 1. The molecule has 1 aliphatic heterocycles. The first kappa shape index (κ1) is 25.1. The number of likely N-dealkylation sites (tertiary alicyclic amines) is 1. The van der Waals surface area contributed by atoms with Crippen molar-refractivity contribution in [2.75, 3.05) is 19.6 Å². The lowest BCUT2D eigenvalue weighted by Crippen LogP contribution is -2.33. The van der Waals surface area contributed by atoms with Crippen molar-refractivity contribution < 1.29 is 13.2 Å². The Morgan fingerprint density at radius 2 is 1.77 bits per heavy atom. The lowest BCUT2D eigenvalue weighted by Gasteiger charge is -2.29. The maximum Gasteiger partial charge on any atom is 0.199 e. The molecule has 1 aromatic heterocycles. The zero-order valence-corrected chi connectivity index (χ0v) is 21.6. The first-order valence-electron chi connectivity index (χ1n) is 12.2. The van der Waals surface area contributed by atoms with Gasteiger partial charge in [0.15, 0.2) is 9.84 Å². The van der Waals surface area contributed by atoms with E-state index in [1.807, 2.05) is 43.3 Å². The van der Waals surface area contributed by atoms with Gasteiger partial charge in [-0.1, -0.05) is 49.8 Å². The summed E-state index contributed by atoms with van der Waals surface area (Å²) in [6.07, 6.45) is 5.62. The fourth-order valence-electron chi connectivity index (χ4n) is 4.46. The molecular weight excluding hydrogens is 456 g/mol. The predicted molar refractivity (Wildman–Crippen MR) is 142 cm³/mol. The molecule has 1 saturated heterocycles. The summed E-state index contributed by atoms with van der Waals surface area (Å²) in [5.41, 5.74) is 4.23. The molecule has 0 bridgehead atoms. The van der Waals surface area contributed by atoms with Crippen LogP contribution in [0, 0.1) is 12.8 Å². The smallest absolute Gasteiger partial charge is 0.199 e. The van der Waals surface area contributed by atoms with E-state index in [-0.39, 0.29) is 4.90 Å². The van der Waals surface area contributed by atoms with Crippen LogP contribution in [0.4, 0.5) is 0 Å². The van der Waals surface area contributed by atoms with Crippen LogP contribution in [0.3, 0.4) is 0 Å². The van der Waals surface area contributed by atoms with Crippen molar-refractivity contribution in [1.82, 2.24) is 9.88 Å². The molecule has 35 heavy (non-hydrogen) atoms. The SMILES string of the molecule is Cc1cc(COc2ccc(S(=O)(=O)C=CC=C3CCN(CC(C)C)CC3)cc2)c2ccccc2n1. The van der Waals surface area contributed by atoms with E-state index < -0.39 is 9.84 Å². The van der Waals surface area contributed by atoms with Gasteiger partial charge in [-0.05, 0) is 62.1 Å². The van der Waals surface area contributed by atoms with Crippen molar-refractivity contribution in [1.29, 1.82) is 0 Å². The van der Waals surface area contributed by atoms with Crippen LogP contribution in [0.15, 0.2) is 82.6 Å². The Morgan fingerprint density at radius 1 is 1.06 bits per heavy atom. The highest BCUT2D eigenvalue weighted by Crippen LogP contribution is 2.23. The van der Waals surface area contributed by atoms with Gasteiger partial charge in [-0.3, -0.25) is 4.98 Å². The highest BCUT2D eigenvalue weighted by atomic mass is 32.2. The third kappa shape index (κ3) is 6.80. The number of fused-ring (bicyclic) bond motifs is 1. The largest absolute Gasteiger partial charge is 0.489 e. The number of rotatable bonds is 8. The van der Waals surface area contributed by atoms with E-state index in [4.69, 9.17) is 4.74 Å². The molecule has 5 nitrogen and oxygen atoms in total. The van der Waals surface area contributed by atoms with Crippen LogP contribution < -0.4 is 4.74 Å².